The van der Waals surface area contributed by atoms with Gasteiger partial charge in [0.05, 0.1) is 12.7 Å². The number of hydrogen-bond donors (Lipinski definition) is 1. The van der Waals surface area contributed by atoms with Crippen LogP contribution in [0.3, 0.4) is 0 Å². The Kier molecular flexibility index (Phi) is 7.39. The van der Waals surface area contributed by atoms with Crippen LogP contribution in [0.25, 0.3) is 0 Å². The normalized spacial score (nSPS) is 25.2. The molecule has 0 spiro atoms. The lowest BCUT2D eigenvalue weighted by molar-refractivity contribution is -0.0248. The van der Waals surface area contributed by atoms with Crippen molar-refractivity contribution in [3.8, 4) is 0 Å². The quantitative estimate of drug-likeness (QED) is 0.669. The highest BCUT2D eigenvalue weighted by molar-refractivity contribution is 7.86. The molecule has 6 nitrogen and oxygen atoms in total. The molecule has 0 amide bonds. The minimum absolute atomic E-state index is 0.0391. The molecule has 0 aliphatic carbocycles. The van der Waals surface area contributed by atoms with Crippen molar-refractivity contribution in [2.75, 3.05) is 39.8 Å². The average Bonchev–Trinajstić information content (AvgIpc) is 2.43. The van der Waals surface area contributed by atoms with Crippen LogP contribution in [0.1, 0.15) is 33.6 Å². The minimum Gasteiger partial charge on any atom is -0.375 e. The highest BCUT2D eigenvalue weighted by Gasteiger charge is 2.36. The van der Waals surface area contributed by atoms with E-state index in [9.17, 15) is 8.42 Å². The fourth-order valence-corrected chi connectivity index (χ4v) is 4.02. The van der Waals surface area contributed by atoms with Crippen LogP contribution in [0.4, 0.5) is 0 Å². The van der Waals surface area contributed by atoms with Gasteiger partial charge in [0, 0.05) is 26.2 Å². The molecule has 0 aromatic rings. The monoisotopic (exact) mass is 307 g/mol. The largest absolute Gasteiger partial charge is 0.375 e. The molecule has 0 aromatic carbocycles. The number of rotatable bonds is 8. The Bertz CT molecular complexity index is 375. The summed E-state index contributed by atoms with van der Waals surface area (Å²) in [6.45, 7) is 9.18. The lowest BCUT2D eigenvalue weighted by Gasteiger charge is -2.39. The van der Waals surface area contributed by atoms with E-state index in [1.54, 1.807) is 11.4 Å². The van der Waals surface area contributed by atoms with E-state index in [-0.39, 0.29) is 12.1 Å². The van der Waals surface area contributed by atoms with Crippen LogP contribution < -0.4 is 5.32 Å². The zero-order valence-corrected chi connectivity index (χ0v) is 13.9. The van der Waals surface area contributed by atoms with E-state index in [1.807, 2.05) is 20.8 Å². The Morgan fingerprint density at radius 1 is 1.40 bits per heavy atom. The maximum Gasteiger partial charge on any atom is 0.282 e. The van der Waals surface area contributed by atoms with Gasteiger partial charge in [0.25, 0.3) is 10.2 Å². The SMILES string of the molecule is CCNCCCN(C)S(=O)(=O)N1CC(C)OCC1CC. The van der Waals surface area contributed by atoms with Crippen molar-refractivity contribution in [2.45, 2.75) is 45.8 Å². The third-order valence-electron chi connectivity index (χ3n) is 3.66. The number of ether oxygens (including phenoxy) is 1. The van der Waals surface area contributed by atoms with Crippen molar-refractivity contribution in [3.63, 3.8) is 0 Å². The summed E-state index contributed by atoms with van der Waals surface area (Å²) in [5, 5.41) is 3.21. The number of nitrogens with one attached hydrogen (secondary N) is 1. The summed E-state index contributed by atoms with van der Waals surface area (Å²) >= 11 is 0. The van der Waals surface area contributed by atoms with Gasteiger partial charge < -0.3 is 10.1 Å². The fraction of sp³-hybridized carbons (Fsp3) is 1.00. The summed E-state index contributed by atoms with van der Waals surface area (Å²) in [4.78, 5) is 0. The first-order chi connectivity index (χ1) is 9.43. The van der Waals surface area contributed by atoms with E-state index < -0.39 is 10.2 Å². The molecule has 0 radical (unpaired) electrons. The van der Waals surface area contributed by atoms with E-state index in [0.29, 0.717) is 19.7 Å². The second-order valence-electron chi connectivity index (χ2n) is 5.31. The second-order valence-corrected chi connectivity index (χ2v) is 7.30. The molecule has 1 aliphatic rings. The standard InChI is InChI=1S/C13H29N3O3S/c1-5-13-11-19-12(3)10-16(13)20(17,18)15(4)9-7-8-14-6-2/h12-14H,5-11H2,1-4H3. The molecular formula is C13H29N3O3S. The van der Waals surface area contributed by atoms with E-state index in [2.05, 4.69) is 5.32 Å². The predicted molar refractivity (Wildman–Crippen MR) is 80.9 cm³/mol. The Morgan fingerprint density at radius 3 is 2.70 bits per heavy atom. The number of hydrogen-bond acceptors (Lipinski definition) is 4. The van der Waals surface area contributed by atoms with Crippen LogP contribution in [-0.2, 0) is 14.9 Å². The number of nitrogens with zero attached hydrogens (tertiary/aromatic N) is 2. The highest BCUT2D eigenvalue weighted by atomic mass is 32.2. The Hall–Kier alpha value is -0.210. The Labute approximate surface area is 123 Å². The highest BCUT2D eigenvalue weighted by Crippen LogP contribution is 2.20. The molecule has 1 heterocycles. The molecule has 1 N–H and O–H groups in total. The summed E-state index contributed by atoms with van der Waals surface area (Å²) in [5.74, 6) is 0. The molecule has 0 bridgehead atoms. The van der Waals surface area contributed by atoms with Crippen molar-refractivity contribution in [1.82, 2.24) is 13.9 Å². The molecule has 1 aliphatic heterocycles. The molecule has 20 heavy (non-hydrogen) atoms. The van der Waals surface area contributed by atoms with E-state index in [0.717, 1.165) is 25.9 Å². The van der Waals surface area contributed by atoms with Crippen molar-refractivity contribution in [2.24, 2.45) is 0 Å². The average molecular weight is 307 g/mol. The van der Waals surface area contributed by atoms with Crippen LogP contribution in [0.5, 0.6) is 0 Å². The van der Waals surface area contributed by atoms with Crippen molar-refractivity contribution in [3.05, 3.63) is 0 Å². The summed E-state index contributed by atoms with van der Waals surface area (Å²) in [6, 6.07) is -0.0487. The molecule has 1 rings (SSSR count). The van der Waals surface area contributed by atoms with Gasteiger partial charge in [0.15, 0.2) is 0 Å². The Balaban J connectivity index is 2.64. The lowest BCUT2D eigenvalue weighted by Crippen LogP contribution is -2.55. The molecule has 120 valence electrons. The van der Waals surface area contributed by atoms with Crippen LogP contribution in [0, 0.1) is 0 Å². The molecule has 2 atom stereocenters. The van der Waals surface area contributed by atoms with Crippen molar-refractivity contribution >= 4 is 10.2 Å². The second kappa shape index (κ2) is 8.29. The maximum absolute atomic E-state index is 12.6. The number of morpholine rings is 1. The molecule has 2 unspecified atom stereocenters. The van der Waals surface area contributed by atoms with Crippen molar-refractivity contribution < 1.29 is 13.2 Å². The van der Waals surface area contributed by atoms with Gasteiger partial charge in [-0.25, -0.2) is 0 Å². The van der Waals surface area contributed by atoms with Crippen LogP contribution in [-0.4, -0.2) is 69.0 Å². The Morgan fingerprint density at radius 2 is 2.10 bits per heavy atom. The minimum atomic E-state index is -3.38. The van der Waals surface area contributed by atoms with Gasteiger partial charge >= 0.3 is 0 Å². The third-order valence-corrected chi connectivity index (χ3v) is 5.67. The van der Waals surface area contributed by atoms with Crippen LogP contribution >= 0.6 is 0 Å². The van der Waals surface area contributed by atoms with Gasteiger partial charge in [-0.2, -0.15) is 17.0 Å². The smallest absolute Gasteiger partial charge is 0.282 e. The van der Waals surface area contributed by atoms with E-state index in [4.69, 9.17) is 4.74 Å². The topological polar surface area (TPSA) is 61.9 Å². The van der Waals surface area contributed by atoms with Gasteiger partial charge in [-0.1, -0.05) is 13.8 Å². The van der Waals surface area contributed by atoms with Gasteiger partial charge in [0.1, 0.15) is 0 Å². The lowest BCUT2D eigenvalue weighted by atomic mass is 10.2. The predicted octanol–water partition coefficient (Wildman–Crippen LogP) is 0.662. The molecule has 1 saturated heterocycles. The first kappa shape index (κ1) is 17.8. The van der Waals surface area contributed by atoms with Crippen LogP contribution in [0.2, 0.25) is 0 Å². The first-order valence-corrected chi connectivity index (χ1v) is 8.88. The summed E-state index contributed by atoms with van der Waals surface area (Å²) in [6.07, 6.45) is 1.56. The van der Waals surface area contributed by atoms with Gasteiger partial charge in [-0.05, 0) is 32.9 Å². The molecule has 0 aromatic heterocycles. The zero-order valence-electron chi connectivity index (χ0n) is 13.1. The van der Waals surface area contributed by atoms with E-state index in [1.165, 1.54) is 4.31 Å². The summed E-state index contributed by atoms with van der Waals surface area (Å²) in [5.41, 5.74) is 0. The van der Waals surface area contributed by atoms with Crippen molar-refractivity contribution in [1.29, 1.82) is 0 Å². The molecule has 0 saturated carbocycles. The third kappa shape index (κ3) is 4.66. The van der Waals surface area contributed by atoms with Gasteiger partial charge in [-0.15, -0.1) is 0 Å². The molecular weight excluding hydrogens is 278 g/mol. The maximum atomic E-state index is 12.6. The molecule has 7 heteroatoms. The van der Waals surface area contributed by atoms with Crippen LogP contribution in [0.15, 0.2) is 0 Å². The fourth-order valence-electron chi connectivity index (χ4n) is 2.32. The molecule has 1 fully saturated rings. The van der Waals surface area contributed by atoms with Gasteiger partial charge in [0.2, 0.25) is 0 Å². The summed E-state index contributed by atoms with van der Waals surface area (Å²) < 4.78 is 33.9. The van der Waals surface area contributed by atoms with E-state index >= 15 is 0 Å². The van der Waals surface area contributed by atoms with Gasteiger partial charge in [-0.3, -0.25) is 0 Å². The first-order valence-electron chi connectivity index (χ1n) is 7.48. The summed E-state index contributed by atoms with van der Waals surface area (Å²) in [7, 11) is -1.72. The zero-order chi connectivity index (χ0) is 15.2.